The lowest BCUT2D eigenvalue weighted by molar-refractivity contribution is 1.23. The first-order valence-electron chi connectivity index (χ1n) is 16.2. The molecule has 0 aliphatic heterocycles. The van der Waals surface area contributed by atoms with Crippen LogP contribution in [0.4, 0.5) is 0 Å². The van der Waals surface area contributed by atoms with Gasteiger partial charge in [0.25, 0.3) is 0 Å². The molecule has 224 valence electrons. The van der Waals surface area contributed by atoms with Gasteiger partial charge in [0.1, 0.15) is 0 Å². The van der Waals surface area contributed by atoms with Gasteiger partial charge >= 0.3 is 0 Å². The van der Waals surface area contributed by atoms with Crippen LogP contribution in [0.3, 0.4) is 0 Å². The van der Waals surface area contributed by atoms with E-state index < -0.39 is 0 Å². The van der Waals surface area contributed by atoms with Gasteiger partial charge in [-0.1, -0.05) is 164 Å². The molecule has 0 aliphatic rings. The second-order valence-corrected chi connectivity index (χ2v) is 12.0. The number of para-hydroxylation sites is 2. The average molecular weight is 612 g/mol. The number of hydrogen-bond donors (Lipinski definition) is 0. The van der Waals surface area contributed by atoms with Crippen molar-refractivity contribution in [3.05, 3.63) is 176 Å². The molecule has 0 saturated carbocycles. The Bertz CT molecular complexity index is 2580. The highest BCUT2D eigenvalue weighted by molar-refractivity contribution is 6.17. The second-order valence-electron chi connectivity index (χ2n) is 12.0. The van der Waals surface area contributed by atoms with E-state index >= 15 is 0 Å². The number of pyridine rings is 1. The van der Waals surface area contributed by atoms with Crippen molar-refractivity contribution in [2.75, 3.05) is 0 Å². The highest BCUT2D eigenvalue weighted by atomic mass is 14.9. The van der Waals surface area contributed by atoms with Gasteiger partial charge in [-0.05, 0) is 34.4 Å². The van der Waals surface area contributed by atoms with E-state index in [1.165, 1.54) is 27.6 Å². The number of fused-ring (bicyclic) bond motifs is 4. The molecule has 9 rings (SSSR count). The minimum absolute atomic E-state index is 0.711. The number of rotatable bonds is 5. The van der Waals surface area contributed by atoms with E-state index in [-0.39, 0.29) is 0 Å². The van der Waals surface area contributed by atoms with Gasteiger partial charge in [-0.3, -0.25) is 0 Å². The summed E-state index contributed by atoms with van der Waals surface area (Å²) in [6.07, 6.45) is 0. The summed E-state index contributed by atoms with van der Waals surface area (Å²) < 4.78 is 0. The molecule has 2 aromatic heterocycles. The Morgan fingerprint density at radius 2 is 0.750 bits per heavy atom. The zero-order chi connectivity index (χ0) is 31.9. The fourth-order valence-electron chi connectivity index (χ4n) is 6.74. The smallest absolute Gasteiger partial charge is 0.160 e. The summed E-state index contributed by atoms with van der Waals surface area (Å²) in [5.41, 5.74) is 11.6. The van der Waals surface area contributed by atoms with Gasteiger partial charge in [-0.2, -0.15) is 0 Å². The number of nitrogens with zero attached hydrogens (tertiary/aromatic N) is 3. The SMILES string of the molecule is c1ccc(-c2ccc(-c3nc(-c4ccc(-c5nc6ccccc6c6c(-c7ccccc7)cccc56)cc4)c4ccccc4n3)cc2)cc1. The van der Waals surface area contributed by atoms with Crippen molar-refractivity contribution >= 4 is 32.6 Å². The lowest BCUT2D eigenvalue weighted by Gasteiger charge is -2.15. The zero-order valence-electron chi connectivity index (χ0n) is 26.1. The molecule has 0 saturated heterocycles. The molecule has 7 aromatic carbocycles. The summed E-state index contributed by atoms with van der Waals surface area (Å²) in [5.74, 6) is 0.711. The third-order valence-corrected chi connectivity index (χ3v) is 9.10. The maximum Gasteiger partial charge on any atom is 0.160 e. The lowest BCUT2D eigenvalue weighted by Crippen LogP contribution is -1.95. The standard InChI is InChI=1S/C45H29N3/c1-3-12-30(13-4-1)31-22-28-35(29-23-31)45-47-41-21-10-8-17-38(41)43(48-45)33-24-26-34(27-25-33)44-39-19-11-18-36(32-14-5-2-6-15-32)42(39)37-16-7-9-20-40(37)46-44/h1-29H. The highest BCUT2D eigenvalue weighted by Crippen LogP contribution is 2.39. The first kappa shape index (κ1) is 27.8. The van der Waals surface area contributed by atoms with Crippen LogP contribution >= 0.6 is 0 Å². The van der Waals surface area contributed by atoms with Gasteiger partial charge in [0, 0.05) is 38.2 Å². The fraction of sp³-hybridized carbons (Fsp3) is 0. The van der Waals surface area contributed by atoms with Crippen LogP contribution in [0.1, 0.15) is 0 Å². The minimum atomic E-state index is 0.711. The van der Waals surface area contributed by atoms with Crippen molar-refractivity contribution in [1.29, 1.82) is 0 Å². The van der Waals surface area contributed by atoms with E-state index in [0.29, 0.717) is 5.82 Å². The van der Waals surface area contributed by atoms with Crippen molar-refractivity contribution in [2.45, 2.75) is 0 Å². The van der Waals surface area contributed by atoms with E-state index in [1.54, 1.807) is 0 Å². The molecule has 0 fully saturated rings. The average Bonchev–Trinajstić information content (AvgIpc) is 3.18. The largest absolute Gasteiger partial charge is 0.247 e. The summed E-state index contributed by atoms with van der Waals surface area (Å²) in [6.45, 7) is 0. The summed E-state index contributed by atoms with van der Waals surface area (Å²) in [7, 11) is 0. The van der Waals surface area contributed by atoms with E-state index in [2.05, 4.69) is 158 Å². The topological polar surface area (TPSA) is 38.7 Å². The quantitative estimate of drug-likeness (QED) is 0.182. The van der Waals surface area contributed by atoms with Crippen molar-refractivity contribution < 1.29 is 0 Å². The Morgan fingerprint density at radius 3 is 1.44 bits per heavy atom. The second kappa shape index (κ2) is 11.7. The third-order valence-electron chi connectivity index (χ3n) is 9.10. The summed E-state index contributed by atoms with van der Waals surface area (Å²) >= 11 is 0. The van der Waals surface area contributed by atoms with Crippen LogP contribution in [0.15, 0.2) is 176 Å². The number of benzene rings is 7. The summed E-state index contributed by atoms with van der Waals surface area (Å²) in [6, 6.07) is 61.4. The molecule has 0 unspecified atom stereocenters. The Kier molecular flexibility index (Phi) is 6.80. The first-order chi connectivity index (χ1) is 23.8. The van der Waals surface area contributed by atoms with Crippen LogP contribution in [0.25, 0.3) is 88.7 Å². The summed E-state index contributed by atoms with van der Waals surface area (Å²) in [5, 5.41) is 4.54. The molecule has 48 heavy (non-hydrogen) atoms. The molecule has 3 nitrogen and oxygen atoms in total. The molecule has 0 bridgehead atoms. The molecule has 0 aliphatic carbocycles. The molecular weight excluding hydrogens is 583 g/mol. The molecular formula is C45H29N3. The minimum Gasteiger partial charge on any atom is -0.247 e. The number of aromatic nitrogens is 3. The molecule has 0 N–H and O–H groups in total. The monoisotopic (exact) mass is 611 g/mol. The van der Waals surface area contributed by atoms with Crippen LogP contribution in [0.2, 0.25) is 0 Å². The molecule has 3 heteroatoms. The lowest BCUT2D eigenvalue weighted by atomic mass is 9.92. The Hall–Kier alpha value is -6.45. The van der Waals surface area contributed by atoms with Gasteiger partial charge in [0.05, 0.1) is 22.4 Å². The Labute approximate surface area is 278 Å². The maximum atomic E-state index is 5.22. The normalized spacial score (nSPS) is 11.3. The molecule has 0 atom stereocenters. The Morgan fingerprint density at radius 1 is 0.271 bits per heavy atom. The van der Waals surface area contributed by atoms with E-state index in [4.69, 9.17) is 15.0 Å². The van der Waals surface area contributed by atoms with Crippen LogP contribution in [-0.2, 0) is 0 Å². The highest BCUT2D eigenvalue weighted by Gasteiger charge is 2.16. The van der Waals surface area contributed by atoms with Crippen molar-refractivity contribution in [1.82, 2.24) is 15.0 Å². The molecule has 2 heterocycles. The Balaban J connectivity index is 1.16. The molecule has 0 radical (unpaired) electrons. The molecule has 0 amide bonds. The fourth-order valence-corrected chi connectivity index (χ4v) is 6.74. The van der Waals surface area contributed by atoms with E-state index in [0.717, 1.165) is 55.3 Å². The van der Waals surface area contributed by atoms with Crippen molar-refractivity contribution in [3.8, 4) is 56.2 Å². The van der Waals surface area contributed by atoms with Crippen LogP contribution in [-0.4, -0.2) is 15.0 Å². The first-order valence-corrected chi connectivity index (χ1v) is 16.2. The maximum absolute atomic E-state index is 5.22. The number of hydrogen-bond acceptors (Lipinski definition) is 3. The van der Waals surface area contributed by atoms with Crippen molar-refractivity contribution in [3.63, 3.8) is 0 Å². The zero-order valence-corrected chi connectivity index (χ0v) is 26.1. The molecule has 9 aromatic rings. The van der Waals surface area contributed by atoms with Gasteiger partial charge < -0.3 is 0 Å². The van der Waals surface area contributed by atoms with Gasteiger partial charge in [0.15, 0.2) is 5.82 Å². The van der Waals surface area contributed by atoms with Crippen LogP contribution < -0.4 is 0 Å². The van der Waals surface area contributed by atoms with Crippen LogP contribution in [0, 0.1) is 0 Å². The van der Waals surface area contributed by atoms with Crippen molar-refractivity contribution in [2.24, 2.45) is 0 Å². The van der Waals surface area contributed by atoms with Gasteiger partial charge in [0.2, 0.25) is 0 Å². The molecule has 0 spiro atoms. The predicted octanol–water partition coefficient (Wildman–Crippen LogP) is 11.7. The summed E-state index contributed by atoms with van der Waals surface area (Å²) in [4.78, 5) is 15.3. The van der Waals surface area contributed by atoms with Gasteiger partial charge in [-0.25, -0.2) is 15.0 Å². The van der Waals surface area contributed by atoms with Crippen LogP contribution in [0.5, 0.6) is 0 Å². The van der Waals surface area contributed by atoms with E-state index in [9.17, 15) is 0 Å². The van der Waals surface area contributed by atoms with E-state index in [1.807, 2.05) is 18.2 Å². The third kappa shape index (κ3) is 4.90. The van der Waals surface area contributed by atoms with Gasteiger partial charge in [-0.15, -0.1) is 0 Å². The predicted molar refractivity (Wildman–Crippen MR) is 200 cm³/mol.